The van der Waals surface area contributed by atoms with Gasteiger partial charge in [0.2, 0.25) is 5.91 Å². The standard InChI is InChI=1S/C16H15FN2O/c1-12-9-14(4-6-15(12)17)11-19-16(20)7-5-13-3-2-8-18-10-13/h2-10H,11H2,1H3,(H,19,20)/b7-5+. The zero-order valence-corrected chi connectivity index (χ0v) is 11.1. The van der Waals surface area contributed by atoms with Crippen LogP contribution in [0.3, 0.4) is 0 Å². The fourth-order valence-electron chi connectivity index (χ4n) is 1.71. The Morgan fingerprint density at radius 1 is 1.40 bits per heavy atom. The first-order valence-corrected chi connectivity index (χ1v) is 6.26. The maximum atomic E-state index is 13.1. The first kappa shape index (κ1) is 13.9. The fraction of sp³-hybridized carbons (Fsp3) is 0.125. The highest BCUT2D eigenvalue weighted by Crippen LogP contribution is 2.08. The van der Waals surface area contributed by atoms with E-state index >= 15 is 0 Å². The molecule has 0 unspecified atom stereocenters. The molecule has 0 aliphatic carbocycles. The van der Waals surface area contributed by atoms with E-state index in [4.69, 9.17) is 0 Å². The van der Waals surface area contributed by atoms with Gasteiger partial charge in [0.15, 0.2) is 0 Å². The zero-order valence-electron chi connectivity index (χ0n) is 11.1. The van der Waals surface area contributed by atoms with Crippen LogP contribution in [0.5, 0.6) is 0 Å². The molecule has 0 radical (unpaired) electrons. The van der Waals surface area contributed by atoms with Crippen molar-refractivity contribution < 1.29 is 9.18 Å². The number of hydrogen-bond donors (Lipinski definition) is 1. The van der Waals surface area contributed by atoms with Gasteiger partial charge in [-0.2, -0.15) is 0 Å². The van der Waals surface area contributed by atoms with Crippen LogP contribution in [0.2, 0.25) is 0 Å². The Hall–Kier alpha value is -2.49. The summed E-state index contributed by atoms with van der Waals surface area (Å²) in [6.07, 6.45) is 6.49. The van der Waals surface area contributed by atoms with Gasteiger partial charge in [0.25, 0.3) is 0 Å². The summed E-state index contributed by atoms with van der Waals surface area (Å²) < 4.78 is 13.1. The minimum absolute atomic E-state index is 0.198. The monoisotopic (exact) mass is 270 g/mol. The number of pyridine rings is 1. The van der Waals surface area contributed by atoms with Gasteiger partial charge in [0.1, 0.15) is 5.82 Å². The Kier molecular flexibility index (Phi) is 4.60. The fourth-order valence-corrected chi connectivity index (χ4v) is 1.71. The molecule has 3 nitrogen and oxygen atoms in total. The number of nitrogens with one attached hydrogen (secondary N) is 1. The van der Waals surface area contributed by atoms with Crippen LogP contribution in [0.25, 0.3) is 6.08 Å². The largest absolute Gasteiger partial charge is 0.348 e. The lowest BCUT2D eigenvalue weighted by molar-refractivity contribution is -0.116. The highest BCUT2D eigenvalue weighted by atomic mass is 19.1. The van der Waals surface area contributed by atoms with Crippen molar-refractivity contribution >= 4 is 12.0 Å². The number of benzene rings is 1. The van der Waals surface area contributed by atoms with E-state index in [9.17, 15) is 9.18 Å². The molecular formula is C16H15FN2O. The molecule has 0 aliphatic heterocycles. The van der Waals surface area contributed by atoms with Gasteiger partial charge in [0.05, 0.1) is 0 Å². The number of halogens is 1. The van der Waals surface area contributed by atoms with Gasteiger partial charge < -0.3 is 5.32 Å². The van der Waals surface area contributed by atoms with Gasteiger partial charge >= 0.3 is 0 Å². The number of rotatable bonds is 4. The lowest BCUT2D eigenvalue weighted by Gasteiger charge is -2.04. The smallest absolute Gasteiger partial charge is 0.244 e. The van der Waals surface area contributed by atoms with Gasteiger partial charge in [-0.1, -0.05) is 18.2 Å². The summed E-state index contributed by atoms with van der Waals surface area (Å²) in [6.45, 7) is 2.07. The highest BCUT2D eigenvalue weighted by Gasteiger charge is 2.00. The third kappa shape index (κ3) is 4.02. The minimum atomic E-state index is -0.239. The second-order valence-electron chi connectivity index (χ2n) is 4.42. The molecule has 102 valence electrons. The molecule has 1 heterocycles. The van der Waals surface area contributed by atoms with Crippen LogP contribution >= 0.6 is 0 Å². The number of amides is 1. The molecule has 0 aliphatic rings. The molecule has 2 aromatic rings. The molecule has 1 aromatic heterocycles. The predicted octanol–water partition coefficient (Wildman–Crippen LogP) is 2.86. The predicted molar refractivity (Wildman–Crippen MR) is 76.3 cm³/mol. The average molecular weight is 270 g/mol. The van der Waals surface area contributed by atoms with Gasteiger partial charge in [-0.15, -0.1) is 0 Å². The van der Waals surface area contributed by atoms with E-state index in [1.807, 2.05) is 6.07 Å². The molecule has 0 spiro atoms. The van der Waals surface area contributed by atoms with Gasteiger partial charge in [-0.25, -0.2) is 4.39 Å². The average Bonchev–Trinajstić information content (AvgIpc) is 2.47. The molecule has 1 N–H and O–H groups in total. The molecule has 0 saturated carbocycles. The topological polar surface area (TPSA) is 42.0 Å². The van der Waals surface area contributed by atoms with Crippen molar-refractivity contribution in [3.8, 4) is 0 Å². The molecule has 4 heteroatoms. The minimum Gasteiger partial charge on any atom is -0.348 e. The highest BCUT2D eigenvalue weighted by molar-refractivity contribution is 5.91. The van der Waals surface area contributed by atoms with Crippen LogP contribution in [0, 0.1) is 12.7 Å². The Balaban J connectivity index is 1.89. The summed E-state index contributed by atoms with van der Waals surface area (Å²) in [6, 6.07) is 8.45. The maximum absolute atomic E-state index is 13.1. The quantitative estimate of drug-likeness (QED) is 0.868. The first-order valence-electron chi connectivity index (χ1n) is 6.26. The van der Waals surface area contributed by atoms with Crippen LogP contribution in [-0.2, 0) is 11.3 Å². The van der Waals surface area contributed by atoms with Crippen LogP contribution in [0.15, 0.2) is 48.8 Å². The lowest BCUT2D eigenvalue weighted by atomic mass is 10.1. The first-order chi connectivity index (χ1) is 9.65. The van der Waals surface area contributed by atoms with Crippen molar-refractivity contribution in [2.75, 3.05) is 0 Å². The molecule has 1 aromatic carbocycles. The molecule has 0 fully saturated rings. The zero-order chi connectivity index (χ0) is 14.4. The summed E-state index contributed by atoms with van der Waals surface area (Å²) >= 11 is 0. The molecule has 20 heavy (non-hydrogen) atoms. The van der Waals surface area contributed by atoms with E-state index in [1.54, 1.807) is 43.6 Å². The van der Waals surface area contributed by atoms with Crippen LogP contribution < -0.4 is 5.32 Å². The van der Waals surface area contributed by atoms with Crippen LogP contribution in [0.4, 0.5) is 4.39 Å². The second-order valence-corrected chi connectivity index (χ2v) is 4.42. The summed E-state index contributed by atoms with van der Waals surface area (Å²) in [5.74, 6) is -0.438. The SMILES string of the molecule is Cc1cc(CNC(=O)/C=C/c2cccnc2)ccc1F. The maximum Gasteiger partial charge on any atom is 0.244 e. The Labute approximate surface area is 117 Å². The number of aromatic nitrogens is 1. The Morgan fingerprint density at radius 3 is 2.95 bits per heavy atom. The van der Waals surface area contributed by atoms with Crippen molar-refractivity contribution in [1.82, 2.24) is 10.3 Å². The summed E-state index contributed by atoms with van der Waals surface area (Å²) in [5.41, 5.74) is 2.30. The third-order valence-electron chi connectivity index (χ3n) is 2.80. The van der Waals surface area contributed by atoms with Gasteiger partial charge in [0, 0.05) is 25.0 Å². The van der Waals surface area contributed by atoms with Crippen molar-refractivity contribution in [3.63, 3.8) is 0 Å². The lowest BCUT2D eigenvalue weighted by Crippen LogP contribution is -2.20. The number of hydrogen-bond acceptors (Lipinski definition) is 2. The normalized spacial score (nSPS) is 10.7. The van der Waals surface area contributed by atoms with E-state index < -0.39 is 0 Å². The molecule has 2 rings (SSSR count). The Bertz CT molecular complexity index is 624. The molecular weight excluding hydrogens is 255 g/mol. The second kappa shape index (κ2) is 6.61. The third-order valence-corrected chi connectivity index (χ3v) is 2.80. The Morgan fingerprint density at radius 2 is 2.25 bits per heavy atom. The van der Waals surface area contributed by atoms with Crippen molar-refractivity contribution in [1.29, 1.82) is 0 Å². The number of aryl methyl sites for hydroxylation is 1. The van der Waals surface area contributed by atoms with Crippen molar-refractivity contribution in [3.05, 3.63) is 71.3 Å². The van der Waals surface area contributed by atoms with E-state index in [0.29, 0.717) is 12.1 Å². The molecule has 0 saturated heterocycles. The van der Waals surface area contributed by atoms with Crippen LogP contribution in [0.1, 0.15) is 16.7 Å². The van der Waals surface area contributed by atoms with E-state index in [0.717, 1.165) is 11.1 Å². The van der Waals surface area contributed by atoms with Crippen molar-refractivity contribution in [2.45, 2.75) is 13.5 Å². The number of nitrogens with zero attached hydrogens (tertiary/aromatic N) is 1. The summed E-state index contributed by atoms with van der Waals surface area (Å²) in [5, 5.41) is 2.75. The van der Waals surface area contributed by atoms with Crippen molar-refractivity contribution in [2.24, 2.45) is 0 Å². The molecule has 0 bridgehead atoms. The van der Waals surface area contributed by atoms with E-state index in [1.165, 1.54) is 12.1 Å². The number of carbonyl (C=O) groups excluding carboxylic acids is 1. The van der Waals surface area contributed by atoms with E-state index in [2.05, 4.69) is 10.3 Å². The van der Waals surface area contributed by atoms with E-state index in [-0.39, 0.29) is 11.7 Å². The summed E-state index contributed by atoms with van der Waals surface area (Å²) in [7, 11) is 0. The molecule has 0 atom stereocenters. The molecule has 1 amide bonds. The van der Waals surface area contributed by atoms with Gasteiger partial charge in [-0.05, 0) is 41.8 Å². The van der Waals surface area contributed by atoms with Crippen LogP contribution in [-0.4, -0.2) is 10.9 Å². The van der Waals surface area contributed by atoms with Gasteiger partial charge in [-0.3, -0.25) is 9.78 Å². The summed E-state index contributed by atoms with van der Waals surface area (Å²) in [4.78, 5) is 15.6. The number of carbonyl (C=O) groups is 1.